The first kappa shape index (κ1) is 27.1. The maximum atomic E-state index is 13.2. The molecular formula is C23H26Cl4N2O2S. The largest absolute Gasteiger partial charge is 0.350 e. The molecule has 1 unspecified atom stereocenters. The number of halogens is 4. The Morgan fingerprint density at radius 3 is 2.22 bits per heavy atom. The Morgan fingerprint density at radius 2 is 1.66 bits per heavy atom. The van der Waals surface area contributed by atoms with Crippen molar-refractivity contribution in [1.29, 1.82) is 0 Å². The fourth-order valence-corrected chi connectivity index (χ4v) is 4.87. The van der Waals surface area contributed by atoms with Gasteiger partial charge in [0.2, 0.25) is 11.8 Å². The summed E-state index contributed by atoms with van der Waals surface area (Å²) in [7, 11) is 0. The monoisotopic (exact) mass is 534 g/mol. The third kappa shape index (κ3) is 8.03. The van der Waals surface area contributed by atoms with Crippen molar-refractivity contribution in [3.63, 3.8) is 0 Å². The van der Waals surface area contributed by atoms with Crippen molar-refractivity contribution in [3.8, 4) is 0 Å². The molecule has 0 fully saturated rings. The molecule has 0 heterocycles. The van der Waals surface area contributed by atoms with E-state index < -0.39 is 11.6 Å². The molecule has 2 amide bonds. The van der Waals surface area contributed by atoms with E-state index in [0.29, 0.717) is 31.4 Å². The van der Waals surface area contributed by atoms with Crippen LogP contribution in [0.3, 0.4) is 0 Å². The van der Waals surface area contributed by atoms with Crippen LogP contribution in [0.2, 0.25) is 20.1 Å². The number of benzene rings is 2. The number of thioether (sulfide) groups is 1. The van der Waals surface area contributed by atoms with E-state index in [2.05, 4.69) is 5.32 Å². The lowest BCUT2D eigenvalue weighted by atomic mass is 10.1. The predicted molar refractivity (Wildman–Crippen MR) is 137 cm³/mol. The Kier molecular flexibility index (Phi) is 10.0. The van der Waals surface area contributed by atoms with Gasteiger partial charge in [-0.25, -0.2) is 0 Å². The highest BCUT2D eigenvalue weighted by Crippen LogP contribution is 2.28. The van der Waals surface area contributed by atoms with Crippen LogP contribution in [0.1, 0.15) is 38.8 Å². The molecule has 2 rings (SSSR count). The standard InChI is InChI=1S/C23H26Cl4N2O2S/c1-14(22(31)28-23(2,3)4)29(11-17-18(25)6-5-7-19(17)26)21(30)13-32-12-15-8-9-16(24)10-20(15)27/h5-10,14H,11-13H2,1-4H3,(H,28,31). The summed E-state index contributed by atoms with van der Waals surface area (Å²) in [5, 5.41) is 4.92. The number of carbonyl (C=O) groups is 2. The minimum atomic E-state index is -0.714. The van der Waals surface area contributed by atoms with Crippen molar-refractivity contribution in [1.82, 2.24) is 10.2 Å². The zero-order chi connectivity index (χ0) is 24.1. The third-order valence-electron chi connectivity index (χ3n) is 4.55. The van der Waals surface area contributed by atoms with Gasteiger partial charge in [0, 0.05) is 43.5 Å². The second-order valence-corrected chi connectivity index (χ2v) is 11.0. The van der Waals surface area contributed by atoms with Crippen molar-refractivity contribution < 1.29 is 9.59 Å². The summed E-state index contributed by atoms with van der Waals surface area (Å²) in [6, 6.07) is 9.71. The highest BCUT2D eigenvalue weighted by atomic mass is 35.5. The molecule has 2 aromatic carbocycles. The summed E-state index contributed by atoms with van der Waals surface area (Å²) in [5.41, 5.74) is 1.06. The van der Waals surface area contributed by atoms with E-state index in [0.717, 1.165) is 5.56 Å². The maximum Gasteiger partial charge on any atom is 0.242 e. The molecule has 4 nitrogen and oxygen atoms in total. The van der Waals surface area contributed by atoms with Gasteiger partial charge in [0.15, 0.2) is 0 Å². The lowest BCUT2D eigenvalue weighted by Crippen LogP contribution is -2.52. The van der Waals surface area contributed by atoms with Crippen molar-refractivity contribution in [2.24, 2.45) is 0 Å². The van der Waals surface area contributed by atoms with Crippen molar-refractivity contribution >= 4 is 70.0 Å². The maximum absolute atomic E-state index is 13.2. The summed E-state index contributed by atoms with van der Waals surface area (Å²) in [5.74, 6) is 0.242. The van der Waals surface area contributed by atoms with E-state index >= 15 is 0 Å². The molecule has 0 aliphatic rings. The van der Waals surface area contributed by atoms with Gasteiger partial charge in [-0.05, 0) is 57.5 Å². The van der Waals surface area contributed by atoms with Crippen LogP contribution in [-0.2, 0) is 21.9 Å². The zero-order valence-corrected chi connectivity index (χ0v) is 22.2. The van der Waals surface area contributed by atoms with Gasteiger partial charge in [0.05, 0.1) is 5.75 Å². The molecule has 0 saturated heterocycles. The number of hydrogen-bond acceptors (Lipinski definition) is 3. The zero-order valence-electron chi connectivity index (χ0n) is 18.3. The number of nitrogens with zero attached hydrogens (tertiary/aromatic N) is 1. The molecule has 1 N–H and O–H groups in total. The average Bonchev–Trinajstić information content (AvgIpc) is 2.67. The van der Waals surface area contributed by atoms with E-state index in [-0.39, 0.29) is 24.1 Å². The van der Waals surface area contributed by atoms with Gasteiger partial charge >= 0.3 is 0 Å². The van der Waals surface area contributed by atoms with E-state index in [1.807, 2.05) is 26.8 Å². The molecule has 32 heavy (non-hydrogen) atoms. The minimum Gasteiger partial charge on any atom is -0.350 e. The van der Waals surface area contributed by atoms with Gasteiger partial charge in [-0.1, -0.05) is 58.5 Å². The first-order valence-electron chi connectivity index (χ1n) is 9.95. The third-order valence-corrected chi connectivity index (χ3v) is 6.82. The quantitative estimate of drug-likeness (QED) is 0.401. The molecule has 2 aromatic rings. The number of carbonyl (C=O) groups excluding carboxylic acids is 2. The fraction of sp³-hybridized carbons (Fsp3) is 0.391. The lowest BCUT2D eigenvalue weighted by Gasteiger charge is -2.32. The Labute approximate surface area is 213 Å². The number of rotatable bonds is 8. The SMILES string of the molecule is CC(C(=O)NC(C)(C)C)N(Cc1c(Cl)cccc1Cl)C(=O)CSCc1ccc(Cl)cc1Cl. The Balaban J connectivity index is 2.18. The van der Waals surface area contributed by atoms with Gasteiger partial charge in [-0.2, -0.15) is 0 Å². The number of hydrogen-bond donors (Lipinski definition) is 1. The minimum absolute atomic E-state index is 0.123. The predicted octanol–water partition coefficient (Wildman–Crippen LogP) is 6.87. The van der Waals surface area contributed by atoms with Crippen LogP contribution in [0.25, 0.3) is 0 Å². The first-order valence-corrected chi connectivity index (χ1v) is 12.6. The molecule has 0 aliphatic carbocycles. The van der Waals surface area contributed by atoms with Gasteiger partial charge < -0.3 is 10.2 Å². The fourth-order valence-electron chi connectivity index (χ4n) is 2.88. The van der Waals surface area contributed by atoms with Gasteiger partial charge in [0.25, 0.3) is 0 Å². The smallest absolute Gasteiger partial charge is 0.242 e. The summed E-state index contributed by atoms with van der Waals surface area (Å²) >= 11 is 26.2. The molecule has 0 radical (unpaired) electrons. The molecule has 0 aromatic heterocycles. The molecule has 0 spiro atoms. The van der Waals surface area contributed by atoms with Crippen LogP contribution in [0.5, 0.6) is 0 Å². The van der Waals surface area contributed by atoms with Gasteiger partial charge in [-0.3, -0.25) is 9.59 Å². The highest BCUT2D eigenvalue weighted by molar-refractivity contribution is 7.99. The van der Waals surface area contributed by atoms with Crippen LogP contribution in [0.4, 0.5) is 0 Å². The van der Waals surface area contributed by atoms with Crippen LogP contribution < -0.4 is 5.32 Å². The molecule has 9 heteroatoms. The van der Waals surface area contributed by atoms with Crippen molar-refractivity contribution in [2.45, 2.75) is 51.6 Å². The van der Waals surface area contributed by atoms with Gasteiger partial charge in [-0.15, -0.1) is 11.8 Å². The second kappa shape index (κ2) is 11.8. The first-order chi connectivity index (χ1) is 14.9. The molecule has 174 valence electrons. The highest BCUT2D eigenvalue weighted by Gasteiger charge is 2.29. The average molecular weight is 536 g/mol. The Hall–Kier alpha value is -1.11. The summed E-state index contributed by atoms with van der Waals surface area (Å²) in [4.78, 5) is 27.5. The van der Waals surface area contributed by atoms with Crippen LogP contribution in [-0.4, -0.2) is 34.0 Å². The van der Waals surface area contributed by atoms with Gasteiger partial charge in [0.1, 0.15) is 6.04 Å². The van der Waals surface area contributed by atoms with Crippen LogP contribution in [0.15, 0.2) is 36.4 Å². The summed E-state index contributed by atoms with van der Waals surface area (Å²) in [6.07, 6.45) is 0. The Morgan fingerprint density at radius 1 is 1.03 bits per heavy atom. The lowest BCUT2D eigenvalue weighted by molar-refractivity contribution is -0.139. The molecule has 0 saturated carbocycles. The van der Waals surface area contributed by atoms with E-state index in [1.165, 1.54) is 16.7 Å². The Bertz CT molecular complexity index is 959. The van der Waals surface area contributed by atoms with E-state index in [1.54, 1.807) is 37.3 Å². The molecular weight excluding hydrogens is 510 g/mol. The van der Waals surface area contributed by atoms with Crippen LogP contribution >= 0.6 is 58.2 Å². The van der Waals surface area contributed by atoms with Crippen molar-refractivity contribution in [2.75, 3.05) is 5.75 Å². The van der Waals surface area contributed by atoms with E-state index in [9.17, 15) is 9.59 Å². The number of amides is 2. The molecule has 0 aliphatic heterocycles. The summed E-state index contributed by atoms with van der Waals surface area (Å²) in [6.45, 7) is 7.49. The second-order valence-electron chi connectivity index (χ2n) is 8.37. The molecule has 0 bridgehead atoms. The normalized spacial score (nSPS) is 12.4. The number of nitrogens with one attached hydrogen (secondary N) is 1. The molecule has 1 atom stereocenters. The summed E-state index contributed by atoms with van der Waals surface area (Å²) < 4.78 is 0. The van der Waals surface area contributed by atoms with Crippen LogP contribution in [0, 0.1) is 0 Å². The van der Waals surface area contributed by atoms with E-state index in [4.69, 9.17) is 46.4 Å². The van der Waals surface area contributed by atoms with Crippen molar-refractivity contribution in [3.05, 3.63) is 67.6 Å². The topological polar surface area (TPSA) is 49.4 Å².